The number of hydrogen-bond acceptors (Lipinski definition) is 3. The zero-order valence-corrected chi connectivity index (χ0v) is 7.70. The highest BCUT2D eigenvalue weighted by Gasteiger charge is 2.28. The van der Waals surface area contributed by atoms with E-state index in [0.717, 1.165) is 12.8 Å². The van der Waals surface area contributed by atoms with Gasteiger partial charge < -0.3 is 9.84 Å². The van der Waals surface area contributed by atoms with Crippen molar-refractivity contribution < 1.29 is 19.0 Å². The van der Waals surface area contributed by atoms with Crippen LogP contribution in [0.5, 0.6) is 0 Å². The zero-order chi connectivity index (χ0) is 9.84. The van der Waals surface area contributed by atoms with Crippen LogP contribution in [0.15, 0.2) is 0 Å². The van der Waals surface area contributed by atoms with Crippen molar-refractivity contribution in [1.82, 2.24) is 0 Å². The molecule has 76 valence electrons. The molecular weight excluding hydrogens is 175 g/mol. The number of aliphatic hydroxyl groups excluding tert-OH is 1. The topological polar surface area (TPSA) is 46.5 Å². The molecule has 0 spiro atoms. The lowest BCUT2D eigenvalue weighted by molar-refractivity contribution is -0.163. The maximum atomic E-state index is 13.1. The SMILES string of the molecule is C[C@H](O)C(=O)O[C@@H]1CCCC[C@H]1F. The summed E-state index contributed by atoms with van der Waals surface area (Å²) in [4.78, 5) is 10.9. The van der Waals surface area contributed by atoms with E-state index in [2.05, 4.69) is 0 Å². The summed E-state index contributed by atoms with van der Waals surface area (Å²) in [7, 11) is 0. The first kappa shape index (κ1) is 10.4. The monoisotopic (exact) mass is 190 g/mol. The third-order valence-electron chi connectivity index (χ3n) is 2.23. The minimum Gasteiger partial charge on any atom is -0.457 e. The molecular formula is C9H15FO3. The van der Waals surface area contributed by atoms with Gasteiger partial charge in [-0.15, -0.1) is 0 Å². The Morgan fingerprint density at radius 1 is 1.54 bits per heavy atom. The minimum atomic E-state index is -1.16. The van der Waals surface area contributed by atoms with E-state index in [9.17, 15) is 9.18 Å². The molecule has 0 radical (unpaired) electrons. The highest BCUT2D eigenvalue weighted by Crippen LogP contribution is 2.23. The molecule has 0 aromatic carbocycles. The number of carbonyl (C=O) groups is 1. The summed E-state index contributed by atoms with van der Waals surface area (Å²) in [6, 6.07) is 0. The van der Waals surface area contributed by atoms with Gasteiger partial charge in [0.2, 0.25) is 0 Å². The Morgan fingerprint density at radius 3 is 2.69 bits per heavy atom. The van der Waals surface area contributed by atoms with Crippen LogP contribution in [0.1, 0.15) is 32.6 Å². The lowest BCUT2D eigenvalue weighted by atomic mass is 9.96. The Balaban J connectivity index is 2.38. The molecule has 13 heavy (non-hydrogen) atoms. The molecule has 1 fully saturated rings. The second-order valence-electron chi connectivity index (χ2n) is 3.45. The zero-order valence-electron chi connectivity index (χ0n) is 7.70. The van der Waals surface area contributed by atoms with Crippen molar-refractivity contribution in [2.75, 3.05) is 0 Å². The van der Waals surface area contributed by atoms with Crippen molar-refractivity contribution in [3.05, 3.63) is 0 Å². The Bertz CT molecular complexity index is 182. The Labute approximate surface area is 76.9 Å². The molecule has 0 unspecified atom stereocenters. The van der Waals surface area contributed by atoms with Crippen molar-refractivity contribution in [3.63, 3.8) is 0 Å². The summed E-state index contributed by atoms with van der Waals surface area (Å²) in [5.41, 5.74) is 0. The van der Waals surface area contributed by atoms with Gasteiger partial charge in [0.1, 0.15) is 18.4 Å². The predicted molar refractivity (Wildman–Crippen MR) is 44.9 cm³/mol. The molecule has 3 atom stereocenters. The van der Waals surface area contributed by atoms with Gasteiger partial charge in [0.25, 0.3) is 0 Å². The molecule has 1 aliphatic rings. The second kappa shape index (κ2) is 4.56. The molecule has 0 heterocycles. The molecule has 3 nitrogen and oxygen atoms in total. The van der Waals surface area contributed by atoms with Crippen LogP contribution in [-0.2, 0) is 9.53 Å². The maximum Gasteiger partial charge on any atom is 0.335 e. The third-order valence-corrected chi connectivity index (χ3v) is 2.23. The lowest BCUT2D eigenvalue weighted by Crippen LogP contribution is -2.34. The molecule has 1 N–H and O–H groups in total. The van der Waals surface area contributed by atoms with Crippen LogP contribution < -0.4 is 0 Å². The number of rotatable bonds is 2. The van der Waals surface area contributed by atoms with Gasteiger partial charge in [-0.1, -0.05) is 6.42 Å². The van der Waals surface area contributed by atoms with Crippen LogP contribution in [0.4, 0.5) is 4.39 Å². The van der Waals surface area contributed by atoms with E-state index in [0.29, 0.717) is 12.8 Å². The van der Waals surface area contributed by atoms with Crippen LogP contribution in [-0.4, -0.2) is 29.5 Å². The third kappa shape index (κ3) is 2.95. The average molecular weight is 190 g/mol. The summed E-state index contributed by atoms with van der Waals surface area (Å²) in [6.07, 6.45) is -0.0964. The molecule has 0 bridgehead atoms. The van der Waals surface area contributed by atoms with E-state index in [1.54, 1.807) is 0 Å². The number of halogens is 1. The highest BCUT2D eigenvalue weighted by molar-refractivity contribution is 5.74. The van der Waals surface area contributed by atoms with E-state index in [1.807, 2.05) is 0 Å². The molecule has 4 heteroatoms. The summed E-state index contributed by atoms with van der Waals surface area (Å²) < 4.78 is 17.9. The van der Waals surface area contributed by atoms with Crippen LogP contribution in [0.3, 0.4) is 0 Å². The van der Waals surface area contributed by atoms with E-state index in [1.165, 1.54) is 6.92 Å². The molecule has 0 saturated heterocycles. The summed E-state index contributed by atoms with van der Waals surface area (Å²) >= 11 is 0. The quantitative estimate of drug-likeness (QED) is 0.665. The van der Waals surface area contributed by atoms with Gasteiger partial charge in [-0.2, -0.15) is 0 Å². The number of hydrogen-bond donors (Lipinski definition) is 1. The van der Waals surface area contributed by atoms with Crippen LogP contribution in [0.2, 0.25) is 0 Å². The fourth-order valence-corrected chi connectivity index (χ4v) is 1.43. The van der Waals surface area contributed by atoms with Crippen LogP contribution in [0.25, 0.3) is 0 Å². The molecule has 1 rings (SSSR count). The maximum absolute atomic E-state index is 13.1. The van der Waals surface area contributed by atoms with E-state index in [4.69, 9.17) is 9.84 Å². The van der Waals surface area contributed by atoms with Gasteiger partial charge >= 0.3 is 5.97 Å². The van der Waals surface area contributed by atoms with Crippen molar-refractivity contribution in [2.45, 2.75) is 51.0 Å². The summed E-state index contributed by atoms with van der Waals surface area (Å²) in [6.45, 7) is 1.32. The molecule has 0 aromatic rings. The molecule has 0 aromatic heterocycles. The van der Waals surface area contributed by atoms with Crippen molar-refractivity contribution in [3.8, 4) is 0 Å². The lowest BCUT2D eigenvalue weighted by Gasteiger charge is -2.25. The second-order valence-corrected chi connectivity index (χ2v) is 3.45. The Morgan fingerprint density at radius 2 is 2.15 bits per heavy atom. The summed E-state index contributed by atoms with van der Waals surface area (Å²) in [5.74, 6) is -0.727. The van der Waals surface area contributed by atoms with Gasteiger partial charge in [0, 0.05) is 0 Å². The van der Waals surface area contributed by atoms with E-state index in [-0.39, 0.29) is 0 Å². The van der Waals surface area contributed by atoms with Gasteiger partial charge in [0.15, 0.2) is 0 Å². The van der Waals surface area contributed by atoms with Crippen LogP contribution in [0, 0.1) is 0 Å². The Kier molecular flexibility index (Phi) is 3.66. The average Bonchev–Trinajstić information content (AvgIpc) is 2.08. The smallest absolute Gasteiger partial charge is 0.335 e. The van der Waals surface area contributed by atoms with Gasteiger partial charge in [0.05, 0.1) is 0 Å². The standard InChI is InChI=1S/C9H15FO3/c1-6(11)9(12)13-8-5-3-2-4-7(8)10/h6-8,11H,2-5H2,1H3/t6-,7+,8+/m0/s1. The number of carbonyl (C=O) groups excluding carboxylic acids is 1. The van der Waals surface area contributed by atoms with Crippen molar-refractivity contribution >= 4 is 5.97 Å². The number of alkyl halides is 1. The molecule has 0 amide bonds. The predicted octanol–water partition coefficient (Wildman–Crippen LogP) is 1.19. The summed E-state index contributed by atoms with van der Waals surface area (Å²) in [5, 5.41) is 8.84. The minimum absolute atomic E-state index is 0.456. The molecule has 1 saturated carbocycles. The molecule has 0 aliphatic heterocycles. The fourth-order valence-electron chi connectivity index (χ4n) is 1.43. The molecule has 1 aliphatic carbocycles. The van der Waals surface area contributed by atoms with E-state index < -0.39 is 24.3 Å². The fraction of sp³-hybridized carbons (Fsp3) is 0.889. The van der Waals surface area contributed by atoms with Gasteiger partial charge in [-0.3, -0.25) is 0 Å². The number of esters is 1. The first-order valence-corrected chi connectivity index (χ1v) is 4.64. The van der Waals surface area contributed by atoms with Crippen LogP contribution >= 0.6 is 0 Å². The van der Waals surface area contributed by atoms with Gasteiger partial charge in [-0.25, -0.2) is 9.18 Å². The van der Waals surface area contributed by atoms with Crippen molar-refractivity contribution in [1.29, 1.82) is 0 Å². The van der Waals surface area contributed by atoms with Crippen molar-refractivity contribution in [2.24, 2.45) is 0 Å². The first-order valence-electron chi connectivity index (χ1n) is 4.64. The highest BCUT2D eigenvalue weighted by atomic mass is 19.1. The first-order chi connectivity index (χ1) is 6.11. The number of ether oxygens (including phenoxy) is 1. The Hall–Kier alpha value is -0.640. The van der Waals surface area contributed by atoms with E-state index >= 15 is 0 Å². The van der Waals surface area contributed by atoms with Gasteiger partial charge in [-0.05, 0) is 26.2 Å². The number of aliphatic hydroxyl groups is 1. The largest absolute Gasteiger partial charge is 0.457 e. The normalized spacial score (nSPS) is 31.0.